The number of carbonyl (C=O) groups is 12. The van der Waals surface area contributed by atoms with Gasteiger partial charge in [0.15, 0.2) is 6.04 Å². The van der Waals surface area contributed by atoms with Crippen LogP contribution in [0.4, 0.5) is 0 Å². The summed E-state index contributed by atoms with van der Waals surface area (Å²) < 4.78 is 0. The summed E-state index contributed by atoms with van der Waals surface area (Å²) in [6, 6.07) is -10.3. The minimum atomic E-state index is -2.08. The molecule has 21 N–H and O–H groups in total. The van der Waals surface area contributed by atoms with E-state index in [4.69, 9.17) is 17.2 Å². The first-order chi connectivity index (χ1) is 33.6. The summed E-state index contributed by atoms with van der Waals surface area (Å²) in [7, 11) is 0. The molecule has 0 saturated heterocycles. The third-order valence-corrected chi connectivity index (χ3v) is 10.1. The lowest BCUT2D eigenvalue weighted by Crippen LogP contribution is -2.62. The van der Waals surface area contributed by atoms with E-state index in [9.17, 15) is 88.2 Å². The Morgan fingerprint density at radius 1 is 0.569 bits per heavy atom. The molecule has 0 aliphatic carbocycles. The number of imidazole rings is 1. The van der Waals surface area contributed by atoms with Crippen LogP contribution in [0.2, 0.25) is 0 Å². The number of aliphatic hydroxyl groups is 3. The van der Waals surface area contributed by atoms with Crippen molar-refractivity contribution in [1.29, 1.82) is 0 Å². The minimum Gasteiger partial charge on any atom is -0.508 e. The van der Waals surface area contributed by atoms with Gasteiger partial charge in [-0.25, -0.2) is 9.78 Å². The summed E-state index contributed by atoms with van der Waals surface area (Å²) >= 11 is 0. The Balaban J connectivity index is 2.22. The summed E-state index contributed by atoms with van der Waals surface area (Å²) in [4.78, 5) is 160. The molecule has 0 unspecified atom stereocenters. The number of phenols is 1. The van der Waals surface area contributed by atoms with Crippen molar-refractivity contribution in [3.8, 4) is 5.75 Å². The highest BCUT2D eigenvalue weighted by molar-refractivity contribution is 6.00. The monoisotopic (exact) mass is 1020 g/mol. The third-order valence-electron chi connectivity index (χ3n) is 10.1. The molecular weight excluding hydrogens is 963 g/mol. The molecule has 2 rings (SSSR count). The zero-order valence-electron chi connectivity index (χ0n) is 38.8. The number of hydrogen-bond donors (Lipinski definition) is 18. The summed E-state index contributed by atoms with van der Waals surface area (Å²) in [6.07, 6.45) is -4.13. The van der Waals surface area contributed by atoms with Gasteiger partial charge < -0.3 is 95.4 Å². The maximum atomic E-state index is 13.5. The van der Waals surface area contributed by atoms with Gasteiger partial charge in [0.1, 0.15) is 48.0 Å². The molecule has 31 heteroatoms. The van der Waals surface area contributed by atoms with Crippen LogP contribution in [0.1, 0.15) is 51.3 Å². The number of nitrogens with zero attached hydrogens (tertiary/aromatic N) is 1. The van der Waals surface area contributed by atoms with E-state index in [1.165, 1.54) is 36.8 Å². The van der Waals surface area contributed by atoms with E-state index in [0.29, 0.717) is 11.3 Å². The van der Waals surface area contributed by atoms with Gasteiger partial charge in [0.05, 0.1) is 56.1 Å². The molecule has 0 radical (unpaired) electrons. The van der Waals surface area contributed by atoms with E-state index >= 15 is 0 Å². The Hall–Kier alpha value is -8.29. The standard InChI is InChI=1S/C41H59N13O18/c1-16(47-35(65)23(9-20-13-45-15-46-20)49-34(64)22(42)8-19-4-6-21(58)7-5-19)33(63)48-24(10-28(43)59)36(66)50-25(11-29(44)60)37(67)52-27(14-55)39(69)53-31(17(2)56)40(70)51-26(12-30(61)62)38(68)54-32(18(3)57)41(71)72/h4-7,13,15-18,22-27,31-32,55-58H,8-12,14,42H2,1-3H3,(H2,43,59)(H2,44,60)(H,45,46)(H,47,65)(H,48,63)(H,49,64)(H,50,66)(H,51,70)(H,52,67)(H,53,69)(H,54,68)(H,61,62)(H,71,72)/t16-,17+,18+,22-,23-,24-,25-,26-,27-,31-,32-/m0/s1. The van der Waals surface area contributed by atoms with Crippen LogP contribution in [0, 0.1) is 0 Å². The maximum Gasteiger partial charge on any atom is 0.328 e. The molecule has 0 spiro atoms. The van der Waals surface area contributed by atoms with Gasteiger partial charge >= 0.3 is 11.9 Å². The van der Waals surface area contributed by atoms with Crippen molar-refractivity contribution < 1.29 is 88.2 Å². The quantitative estimate of drug-likeness (QED) is 0.0345. The molecule has 0 aliphatic rings. The van der Waals surface area contributed by atoms with Crippen LogP contribution in [0.5, 0.6) is 5.75 Å². The van der Waals surface area contributed by atoms with Gasteiger partial charge in [-0.05, 0) is 44.9 Å². The normalized spacial score (nSPS) is 15.5. The molecule has 0 aliphatic heterocycles. The number of amides is 10. The van der Waals surface area contributed by atoms with E-state index in [-0.39, 0.29) is 18.6 Å². The molecule has 2 aromatic rings. The lowest BCUT2D eigenvalue weighted by atomic mass is 10.0. The number of aliphatic hydroxyl groups excluding tert-OH is 3. The molecule has 1 aromatic carbocycles. The molecule has 72 heavy (non-hydrogen) atoms. The third kappa shape index (κ3) is 20.0. The molecular formula is C41H59N13O18. The van der Waals surface area contributed by atoms with Gasteiger partial charge in [-0.2, -0.15) is 0 Å². The van der Waals surface area contributed by atoms with E-state index in [0.717, 1.165) is 20.8 Å². The molecule has 10 amide bonds. The number of phenolic OH excluding ortho intramolecular Hbond substituents is 1. The predicted molar refractivity (Wildman–Crippen MR) is 241 cm³/mol. The predicted octanol–water partition coefficient (Wildman–Crippen LogP) is -8.81. The van der Waals surface area contributed by atoms with Crippen LogP contribution in [0.15, 0.2) is 36.8 Å². The van der Waals surface area contributed by atoms with Gasteiger partial charge in [0.25, 0.3) is 0 Å². The van der Waals surface area contributed by atoms with Gasteiger partial charge in [-0.15, -0.1) is 0 Å². The first kappa shape index (κ1) is 59.8. The summed E-state index contributed by atoms with van der Waals surface area (Å²) in [5.41, 5.74) is 17.6. The van der Waals surface area contributed by atoms with Crippen molar-refractivity contribution in [1.82, 2.24) is 52.5 Å². The average molecular weight is 1020 g/mol. The molecule has 0 bridgehead atoms. The summed E-state index contributed by atoms with van der Waals surface area (Å²) in [5, 5.41) is 75.0. The average Bonchev–Trinajstić information content (AvgIpc) is 3.80. The number of aliphatic carboxylic acids is 2. The fourth-order valence-corrected chi connectivity index (χ4v) is 6.26. The van der Waals surface area contributed by atoms with Crippen molar-refractivity contribution in [2.45, 2.75) is 119 Å². The molecule has 31 nitrogen and oxygen atoms in total. The molecule has 396 valence electrons. The van der Waals surface area contributed by atoms with E-state index in [1.54, 1.807) is 0 Å². The second kappa shape index (κ2) is 28.4. The van der Waals surface area contributed by atoms with E-state index in [2.05, 4.69) is 31.2 Å². The number of carboxylic acids is 2. The first-order valence-corrected chi connectivity index (χ1v) is 21.6. The number of hydrogen-bond acceptors (Lipinski definition) is 18. The number of nitrogens with two attached hydrogens (primary N) is 3. The van der Waals surface area contributed by atoms with Gasteiger partial charge in [0, 0.05) is 12.6 Å². The number of benzene rings is 1. The zero-order valence-corrected chi connectivity index (χ0v) is 38.8. The van der Waals surface area contributed by atoms with E-state index in [1.807, 2.05) is 21.3 Å². The number of nitrogens with one attached hydrogen (secondary N) is 9. The van der Waals surface area contributed by atoms with Crippen molar-refractivity contribution in [2.75, 3.05) is 6.61 Å². The zero-order chi connectivity index (χ0) is 54.6. The Bertz CT molecular complexity index is 2280. The Labute approximate surface area is 408 Å². The maximum absolute atomic E-state index is 13.5. The van der Waals surface area contributed by atoms with Crippen LogP contribution in [0.25, 0.3) is 0 Å². The van der Waals surface area contributed by atoms with Crippen LogP contribution in [-0.2, 0) is 70.4 Å². The number of carbonyl (C=O) groups excluding carboxylic acids is 10. The van der Waals surface area contributed by atoms with Crippen LogP contribution in [-0.4, -0.2) is 185 Å². The number of H-pyrrole nitrogens is 1. The number of primary amides is 2. The second-order valence-electron chi connectivity index (χ2n) is 16.2. The molecule has 0 fully saturated rings. The molecule has 1 heterocycles. The second-order valence-corrected chi connectivity index (χ2v) is 16.2. The van der Waals surface area contributed by atoms with Crippen molar-refractivity contribution >= 4 is 71.0 Å². The molecule has 1 aromatic heterocycles. The largest absolute Gasteiger partial charge is 0.508 e. The first-order valence-electron chi connectivity index (χ1n) is 21.6. The highest BCUT2D eigenvalue weighted by Gasteiger charge is 2.37. The number of rotatable bonds is 30. The lowest BCUT2D eigenvalue weighted by Gasteiger charge is -2.27. The Morgan fingerprint density at radius 2 is 1.01 bits per heavy atom. The fraction of sp³-hybridized carbons (Fsp3) is 0.488. The number of aromatic hydroxyl groups is 1. The van der Waals surface area contributed by atoms with Gasteiger partial charge in [-0.1, -0.05) is 12.1 Å². The van der Waals surface area contributed by atoms with Crippen LogP contribution in [0.3, 0.4) is 0 Å². The molecule has 11 atom stereocenters. The van der Waals surface area contributed by atoms with Crippen LogP contribution < -0.4 is 59.7 Å². The summed E-state index contributed by atoms with van der Waals surface area (Å²) in [6.45, 7) is 1.83. The summed E-state index contributed by atoms with van der Waals surface area (Å²) in [5.74, 6) is -15.7. The molecule has 0 saturated carbocycles. The topological polar surface area (TPSA) is 529 Å². The van der Waals surface area contributed by atoms with Crippen molar-refractivity contribution in [2.24, 2.45) is 17.2 Å². The fourth-order valence-electron chi connectivity index (χ4n) is 6.26. The SMILES string of the molecule is C[C@H](NC(=O)[C@H](Cc1c[nH]cn1)NC(=O)[C@@H](N)Cc1ccc(O)cc1)C(=O)N[C@@H](CC(N)=O)C(=O)N[C@@H](CC(N)=O)C(=O)N[C@@H](CO)C(=O)N[C@H](C(=O)N[C@@H](CC(=O)O)C(=O)N[C@H](C(=O)O)[C@@H](C)O)[C@@H](C)O. The van der Waals surface area contributed by atoms with Gasteiger partial charge in [0.2, 0.25) is 59.1 Å². The van der Waals surface area contributed by atoms with Gasteiger partial charge in [-0.3, -0.25) is 52.7 Å². The number of aromatic nitrogens is 2. The lowest BCUT2D eigenvalue weighted by molar-refractivity contribution is -0.146. The Kier molecular flexibility index (Phi) is 23.6. The highest BCUT2D eigenvalue weighted by Crippen LogP contribution is 2.12. The highest BCUT2D eigenvalue weighted by atomic mass is 16.4. The van der Waals surface area contributed by atoms with Crippen molar-refractivity contribution in [3.05, 3.63) is 48.0 Å². The van der Waals surface area contributed by atoms with Crippen molar-refractivity contribution in [3.63, 3.8) is 0 Å². The number of aromatic amines is 1. The smallest absolute Gasteiger partial charge is 0.328 e. The Morgan fingerprint density at radius 3 is 1.49 bits per heavy atom. The van der Waals surface area contributed by atoms with E-state index < -0.39 is 163 Å². The number of carboxylic acid groups (broad SMARTS) is 2. The minimum absolute atomic E-state index is 0.00603. The van der Waals surface area contributed by atoms with Crippen LogP contribution >= 0.6 is 0 Å².